The van der Waals surface area contributed by atoms with Gasteiger partial charge < -0.3 is 5.32 Å². The first-order valence-electron chi connectivity index (χ1n) is 11.9. The second-order valence-corrected chi connectivity index (χ2v) is 12.0. The molecule has 1 aromatic carbocycles. The zero-order chi connectivity index (χ0) is 19.7. The lowest BCUT2D eigenvalue weighted by Crippen LogP contribution is -2.61. The highest BCUT2D eigenvalue weighted by Crippen LogP contribution is 2.71. The summed E-state index contributed by atoms with van der Waals surface area (Å²) in [7, 11) is 0. The van der Waals surface area contributed by atoms with Crippen molar-refractivity contribution >= 4 is 17.4 Å². The molecule has 5 unspecified atom stereocenters. The number of piperidine rings is 1. The van der Waals surface area contributed by atoms with Crippen LogP contribution in [0, 0.1) is 28.6 Å². The molecule has 1 N–H and O–H groups in total. The topological polar surface area (TPSA) is 29.1 Å². The summed E-state index contributed by atoms with van der Waals surface area (Å²) in [5.74, 6) is 3.47. The number of carbonyl (C=O) groups is 1. The minimum atomic E-state index is -0.0802. The number of fused-ring (bicyclic) bond motifs is 2. The second kappa shape index (κ2) is 6.57. The summed E-state index contributed by atoms with van der Waals surface area (Å²) in [6.07, 6.45) is 11.7. The molecule has 7 atom stereocenters. The molecule has 6 aliphatic rings. The van der Waals surface area contributed by atoms with Crippen molar-refractivity contribution in [1.82, 2.24) is 5.32 Å². The summed E-state index contributed by atoms with van der Waals surface area (Å²) in [6, 6.07) is 11.8. The fourth-order valence-corrected chi connectivity index (χ4v) is 9.60. The van der Waals surface area contributed by atoms with Crippen molar-refractivity contribution in [2.45, 2.75) is 75.7 Å². The van der Waals surface area contributed by atoms with Crippen LogP contribution in [0.2, 0.25) is 0 Å². The zero-order valence-electron chi connectivity index (χ0n) is 17.5. The van der Waals surface area contributed by atoms with Gasteiger partial charge in [0.2, 0.25) is 0 Å². The van der Waals surface area contributed by atoms with Gasteiger partial charge in [0, 0.05) is 23.8 Å². The Labute approximate surface area is 180 Å². The van der Waals surface area contributed by atoms with Gasteiger partial charge in [0.05, 0.1) is 0 Å². The van der Waals surface area contributed by atoms with E-state index >= 15 is 0 Å². The second-order valence-electron chi connectivity index (χ2n) is 11.6. The lowest BCUT2D eigenvalue weighted by Gasteiger charge is -2.66. The van der Waals surface area contributed by atoms with Gasteiger partial charge in [-0.15, -0.1) is 11.6 Å². The molecular formula is C26H34ClNO. The van der Waals surface area contributed by atoms with E-state index in [0.29, 0.717) is 29.1 Å². The number of alkyl halides is 1. The molecule has 5 saturated carbocycles. The largest absolute Gasteiger partial charge is 0.313 e. The summed E-state index contributed by atoms with van der Waals surface area (Å²) in [6.45, 7) is 1.18. The van der Waals surface area contributed by atoms with Gasteiger partial charge in [0.15, 0.2) is 0 Å². The summed E-state index contributed by atoms with van der Waals surface area (Å²) in [4.78, 5) is 14.0. The van der Waals surface area contributed by atoms with E-state index in [2.05, 4.69) is 35.6 Å². The monoisotopic (exact) mass is 411 g/mol. The first-order valence-corrected chi connectivity index (χ1v) is 12.5. The van der Waals surface area contributed by atoms with Crippen LogP contribution in [0.5, 0.6) is 0 Å². The van der Waals surface area contributed by atoms with Gasteiger partial charge in [-0.25, -0.2) is 0 Å². The van der Waals surface area contributed by atoms with E-state index in [1.165, 1.54) is 44.2 Å². The van der Waals surface area contributed by atoms with Gasteiger partial charge in [-0.1, -0.05) is 30.3 Å². The third-order valence-electron chi connectivity index (χ3n) is 9.70. The summed E-state index contributed by atoms with van der Waals surface area (Å²) >= 11 is 6.34. The molecule has 5 aliphatic carbocycles. The van der Waals surface area contributed by atoms with Gasteiger partial charge in [-0.3, -0.25) is 4.79 Å². The minimum Gasteiger partial charge on any atom is -0.313 e. The molecule has 1 saturated heterocycles. The number of halogens is 1. The van der Waals surface area contributed by atoms with Crippen LogP contribution >= 0.6 is 11.6 Å². The summed E-state index contributed by atoms with van der Waals surface area (Å²) < 4.78 is 0. The molecule has 29 heavy (non-hydrogen) atoms. The minimum absolute atomic E-state index is 0.0802. The van der Waals surface area contributed by atoms with Crippen LogP contribution in [0.3, 0.4) is 0 Å². The first kappa shape index (κ1) is 18.9. The molecule has 1 aliphatic heterocycles. The number of rotatable bonds is 6. The number of Topliss-reactive ketones (excluding diaryl/α,β-unsaturated/α-hetero) is 1. The Balaban J connectivity index is 1.34. The maximum atomic E-state index is 14.0. The molecule has 0 radical (unpaired) electrons. The van der Waals surface area contributed by atoms with Crippen LogP contribution in [0.4, 0.5) is 0 Å². The van der Waals surface area contributed by atoms with Crippen molar-refractivity contribution in [1.29, 1.82) is 0 Å². The standard InChI is InChI=1S/C26H34ClNO/c27-7-6-24-11-19-12-25(15-24,21-4-2-1-3-5-21)17-26(13-19,16-24)23(29)10-20-8-18-9-22(20)28-14-18/h1-5,18-20,22,28H,6-17H2/t18?,19?,20?,22?,24-,25-,26?/m1/s1. The molecule has 1 heterocycles. The van der Waals surface area contributed by atoms with Crippen LogP contribution < -0.4 is 5.32 Å². The zero-order valence-corrected chi connectivity index (χ0v) is 18.2. The summed E-state index contributed by atoms with van der Waals surface area (Å²) in [5, 5.41) is 3.68. The number of hydrogen-bond acceptors (Lipinski definition) is 2. The molecule has 0 amide bonds. The van der Waals surface area contributed by atoms with Gasteiger partial charge in [-0.2, -0.15) is 0 Å². The average molecular weight is 412 g/mol. The highest BCUT2D eigenvalue weighted by molar-refractivity contribution is 6.17. The smallest absolute Gasteiger partial charge is 0.139 e. The number of carbonyl (C=O) groups excluding carboxylic acids is 1. The molecule has 7 rings (SSSR count). The molecule has 6 bridgehead atoms. The van der Waals surface area contributed by atoms with Crippen LogP contribution in [0.15, 0.2) is 30.3 Å². The molecule has 156 valence electrons. The van der Waals surface area contributed by atoms with Gasteiger partial charge >= 0.3 is 0 Å². The van der Waals surface area contributed by atoms with Crippen molar-refractivity contribution < 1.29 is 4.79 Å². The van der Waals surface area contributed by atoms with Crippen molar-refractivity contribution in [3.8, 4) is 0 Å². The van der Waals surface area contributed by atoms with E-state index in [9.17, 15) is 4.79 Å². The number of hydrogen-bond donors (Lipinski definition) is 1. The van der Waals surface area contributed by atoms with Gasteiger partial charge in [-0.05, 0) is 98.5 Å². The normalized spacial score (nSPS) is 47.1. The van der Waals surface area contributed by atoms with Crippen molar-refractivity contribution in [3.63, 3.8) is 0 Å². The molecule has 6 fully saturated rings. The maximum Gasteiger partial charge on any atom is 0.139 e. The third kappa shape index (κ3) is 2.88. The molecule has 0 aromatic heterocycles. The van der Waals surface area contributed by atoms with Crippen LogP contribution in [-0.4, -0.2) is 24.2 Å². The van der Waals surface area contributed by atoms with Gasteiger partial charge in [0.1, 0.15) is 5.78 Å². The lowest BCUT2D eigenvalue weighted by atomic mass is 9.37. The van der Waals surface area contributed by atoms with E-state index in [4.69, 9.17) is 11.6 Å². The highest BCUT2D eigenvalue weighted by Gasteiger charge is 2.65. The predicted octanol–water partition coefficient (Wildman–Crippen LogP) is 5.48. The van der Waals surface area contributed by atoms with E-state index in [0.717, 1.165) is 43.9 Å². The van der Waals surface area contributed by atoms with E-state index in [1.54, 1.807) is 0 Å². The van der Waals surface area contributed by atoms with Gasteiger partial charge in [0.25, 0.3) is 0 Å². The van der Waals surface area contributed by atoms with Crippen LogP contribution in [0.25, 0.3) is 0 Å². The maximum absolute atomic E-state index is 14.0. The van der Waals surface area contributed by atoms with Crippen molar-refractivity contribution in [2.75, 3.05) is 12.4 Å². The fraction of sp³-hybridized carbons (Fsp3) is 0.731. The Morgan fingerprint density at radius 3 is 2.62 bits per heavy atom. The molecule has 0 spiro atoms. The van der Waals surface area contributed by atoms with Crippen LogP contribution in [-0.2, 0) is 10.2 Å². The Kier molecular flexibility index (Phi) is 4.27. The van der Waals surface area contributed by atoms with E-state index in [1.807, 2.05) is 0 Å². The molecule has 2 nitrogen and oxygen atoms in total. The average Bonchev–Trinajstić information content (AvgIpc) is 3.31. The molecule has 1 aromatic rings. The Hall–Kier alpha value is -0.860. The quantitative estimate of drug-likeness (QED) is 0.628. The van der Waals surface area contributed by atoms with Crippen LogP contribution in [0.1, 0.15) is 69.8 Å². The lowest BCUT2D eigenvalue weighted by molar-refractivity contribution is -0.162. The van der Waals surface area contributed by atoms with Crippen molar-refractivity contribution in [2.24, 2.45) is 28.6 Å². The predicted molar refractivity (Wildman–Crippen MR) is 117 cm³/mol. The summed E-state index contributed by atoms with van der Waals surface area (Å²) in [5.41, 5.74) is 1.90. The highest BCUT2D eigenvalue weighted by atomic mass is 35.5. The fourth-order valence-electron chi connectivity index (χ4n) is 9.20. The SMILES string of the molecule is O=C(CC1CC2CNC1C2)C12CC3C[C@@](CCCl)(C1)C[C@](c1ccccc1)(C3)C2. The molecule has 3 heteroatoms. The Morgan fingerprint density at radius 2 is 1.90 bits per heavy atom. The number of ketones is 1. The van der Waals surface area contributed by atoms with E-state index in [-0.39, 0.29) is 10.8 Å². The Morgan fingerprint density at radius 1 is 1.03 bits per heavy atom. The number of nitrogens with one attached hydrogen (secondary N) is 1. The first-order chi connectivity index (χ1) is 14.0. The molecular weight excluding hydrogens is 378 g/mol. The van der Waals surface area contributed by atoms with Crippen molar-refractivity contribution in [3.05, 3.63) is 35.9 Å². The Bertz CT molecular complexity index is 810. The van der Waals surface area contributed by atoms with E-state index < -0.39 is 0 Å². The third-order valence-corrected chi connectivity index (χ3v) is 9.88. The number of benzene rings is 1.